The molecule has 0 heterocycles. The first-order valence-corrected chi connectivity index (χ1v) is 6.31. The topological polar surface area (TPSA) is 67.2 Å². The van der Waals surface area contributed by atoms with E-state index in [1.165, 1.54) is 6.07 Å². The Morgan fingerprint density at radius 3 is 2.55 bits per heavy atom. The van der Waals surface area contributed by atoms with E-state index in [-0.39, 0.29) is 17.3 Å². The average Bonchev–Trinajstić information content (AvgIpc) is 3.21. The van der Waals surface area contributed by atoms with Gasteiger partial charge in [-0.3, -0.25) is 10.6 Å². The quantitative estimate of drug-likeness (QED) is 0.589. The Morgan fingerprint density at radius 2 is 2.05 bits per heavy atom. The van der Waals surface area contributed by atoms with Crippen LogP contribution in [0.15, 0.2) is 18.2 Å². The summed E-state index contributed by atoms with van der Waals surface area (Å²) in [5.41, 5.74) is 0.749. The molecule has 0 saturated heterocycles. The molecule has 0 aromatic heterocycles. The fourth-order valence-electron chi connectivity index (χ4n) is 2.05. The Kier molecular flexibility index (Phi) is 3.89. The normalized spacial score (nSPS) is 16.6. The summed E-state index contributed by atoms with van der Waals surface area (Å²) in [6.07, 6.45) is -2.48. The lowest BCUT2D eigenvalue weighted by atomic mass is 10.1. The molecule has 0 radical (unpaired) electrons. The van der Waals surface area contributed by atoms with Crippen LogP contribution in [0, 0.1) is 5.92 Å². The number of carbonyl (C=O) groups is 1. The Morgan fingerprint density at radius 1 is 1.40 bits per heavy atom. The van der Waals surface area contributed by atoms with Crippen LogP contribution >= 0.6 is 0 Å². The van der Waals surface area contributed by atoms with Gasteiger partial charge < -0.3 is 10.7 Å². The predicted molar refractivity (Wildman–Crippen MR) is 68.9 cm³/mol. The fraction of sp³-hybridized carbons (Fsp3) is 0.462. The summed E-state index contributed by atoms with van der Waals surface area (Å²) in [4.78, 5) is 11.9. The van der Waals surface area contributed by atoms with E-state index in [9.17, 15) is 18.0 Å². The second-order valence-corrected chi connectivity index (χ2v) is 5.00. The van der Waals surface area contributed by atoms with Crippen molar-refractivity contribution in [3.63, 3.8) is 0 Å². The molecule has 0 bridgehead atoms. The molecule has 0 aliphatic heterocycles. The first-order valence-electron chi connectivity index (χ1n) is 6.31. The number of rotatable bonds is 4. The standard InChI is InChI=1S/C13H16F3N3O/c1-7(8-2-3-8)18-12(20)9-4-5-11(19-17)10(6-9)13(14,15)16/h4-8,19H,2-3,17H2,1H3,(H,18,20). The summed E-state index contributed by atoms with van der Waals surface area (Å²) in [6, 6.07) is 3.26. The van der Waals surface area contributed by atoms with Gasteiger partial charge in [0.05, 0.1) is 11.3 Å². The second kappa shape index (κ2) is 5.32. The van der Waals surface area contributed by atoms with Crippen molar-refractivity contribution in [1.29, 1.82) is 0 Å². The van der Waals surface area contributed by atoms with Gasteiger partial charge in [0.15, 0.2) is 0 Å². The number of hydrogen-bond acceptors (Lipinski definition) is 3. The molecule has 1 atom stereocenters. The summed E-state index contributed by atoms with van der Waals surface area (Å²) >= 11 is 0. The van der Waals surface area contributed by atoms with Gasteiger partial charge in [0.2, 0.25) is 0 Å². The number of anilines is 1. The number of nitrogens with two attached hydrogens (primary N) is 1. The number of amides is 1. The maximum absolute atomic E-state index is 12.9. The van der Waals surface area contributed by atoms with E-state index in [0.29, 0.717) is 5.92 Å². The first kappa shape index (κ1) is 14.6. The minimum Gasteiger partial charge on any atom is -0.349 e. The minimum absolute atomic E-state index is 0.0239. The molecule has 2 rings (SSSR count). The SMILES string of the molecule is CC(NC(=O)c1ccc(NN)c(C(F)(F)F)c1)C1CC1. The zero-order valence-corrected chi connectivity index (χ0v) is 10.9. The van der Waals surface area contributed by atoms with Gasteiger partial charge in [-0.25, -0.2) is 0 Å². The first-order chi connectivity index (χ1) is 9.32. The number of nitrogens with one attached hydrogen (secondary N) is 2. The summed E-state index contributed by atoms with van der Waals surface area (Å²) in [5, 5.41) is 2.72. The molecule has 4 nitrogen and oxygen atoms in total. The van der Waals surface area contributed by atoms with Gasteiger partial charge in [0.1, 0.15) is 0 Å². The van der Waals surface area contributed by atoms with Crippen LogP contribution in [-0.4, -0.2) is 11.9 Å². The minimum atomic E-state index is -4.57. The highest BCUT2D eigenvalue weighted by Gasteiger charge is 2.34. The monoisotopic (exact) mass is 287 g/mol. The van der Waals surface area contributed by atoms with Crippen molar-refractivity contribution in [3.05, 3.63) is 29.3 Å². The van der Waals surface area contributed by atoms with Crippen molar-refractivity contribution >= 4 is 11.6 Å². The number of alkyl halides is 3. The van der Waals surface area contributed by atoms with Gasteiger partial charge in [0, 0.05) is 11.6 Å². The summed E-state index contributed by atoms with van der Waals surface area (Å²) in [6.45, 7) is 1.86. The lowest BCUT2D eigenvalue weighted by molar-refractivity contribution is -0.137. The zero-order valence-electron chi connectivity index (χ0n) is 10.9. The molecular formula is C13H16F3N3O. The Labute approximate surface area is 114 Å². The molecule has 1 unspecified atom stereocenters. The Bertz CT molecular complexity index is 512. The molecule has 110 valence electrons. The van der Waals surface area contributed by atoms with Gasteiger partial charge in [-0.05, 0) is 43.9 Å². The van der Waals surface area contributed by atoms with Gasteiger partial charge >= 0.3 is 6.18 Å². The largest absolute Gasteiger partial charge is 0.418 e. The molecule has 1 aromatic rings. The molecule has 1 fully saturated rings. The molecule has 7 heteroatoms. The molecule has 1 aliphatic rings. The van der Waals surface area contributed by atoms with Crippen LogP contribution in [0.2, 0.25) is 0 Å². The molecule has 1 saturated carbocycles. The fourth-order valence-corrected chi connectivity index (χ4v) is 2.05. The summed E-state index contributed by atoms with van der Waals surface area (Å²) < 4.78 is 38.6. The van der Waals surface area contributed by atoms with Crippen LogP contribution in [0.5, 0.6) is 0 Å². The molecule has 4 N–H and O–H groups in total. The van der Waals surface area contributed by atoms with Crippen molar-refractivity contribution in [2.24, 2.45) is 11.8 Å². The maximum Gasteiger partial charge on any atom is 0.418 e. The summed E-state index contributed by atoms with van der Waals surface area (Å²) in [7, 11) is 0. The lowest BCUT2D eigenvalue weighted by Gasteiger charge is -2.16. The molecule has 20 heavy (non-hydrogen) atoms. The lowest BCUT2D eigenvalue weighted by Crippen LogP contribution is -2.34. The Balaban J connectivity index is 2.21. The highest BCUT2D eigenvalue weighted by Crippen LogP contribution is 2.35. The van der Waals surface area contributed by atoms with Crippen molar-refractivity contribution < 1.29 is 18.0 Å². The van der Waals surface area contributed by atoms with Crippen LogP contribution in [0.4, 0.5) is 18.9 Å². The van der Waals surface area contributed by atoms with Gasteiger partial charge in [-0.2, -0.15) is 13.2 Å². The third-order valence-corrected chi connectivity index (χ3v) is 3.43. The molecule has 1 amide bonds. The third-order valence-electron chi connectivity index (χ3n) is 3.43. The average molecular weight is 287 g/mol. The zero-order chi connectivity index (χ0) is 14.9. The van der Waals surface area contributed by atoms with Crippen LogP contribution in [0.1, 0.15) is 35.7 Å². The second-order valence-electron chi connectivity index (χ2n) is 5.00. The number of benzene rings is 1. The van der Waals surface area contributed by atoms with Gasteiger partial charge in [-0.1, -0.05) is 0 Å². The van der Waals surface area contributed by atoms with E-state index in [0.717, 1.165) is 25.0 Å². The number of hydrazine groups is 1. The molecule has 1 aromatic carbocycles. The van der Waals surface area contributed by atoms with Crippen LogP contribution in [0.25, 0.3) is 0 Å². The van der Waals surface area contributed by atoms with E-state index in [1.807, 2.05) is 12.3 Å². The Hall–Kier alpha value is -1.76. The van der Waals surface area contributed by atoms with E-state index in [4.69, 9.17) is 5.84 Å². The molecule has 1 aliphatic carbocycles. The van der Waals surface area contributed by atoms with E-state index < -0.39 is 17.6 Å². The van der Waals surface area contributed by atoms with Gasteiger partial charge in [0.25, 0.3) is 5.91 Å². The van der Waals surface area contributed by atoms with Crippen LogP contribution in [-0.2, 0) is 6.18 Å². The van der Waals surface area contributed by atoms with E-state index in [1.54, 1.807) is 0 Å². The smallest absolute Gasteiger partial charge is 0.349 e. The van der Waals surface area contributed by atoms with E-state index in [2.05, 4.69) is 5.32 Å². The summed E-state index contributed by atoms with van der Waals surface area (Å²) in [5.74, 6) is 4.99. The molecular weight excluding hydrogens is 271 g/mol. The van der Waals surface area contributed by atoms with Crippen molar-refractivity contribution in [2.45, 2.75) is 32.0 Å². The number of carbonyl (C=O) groups excluding carboxylic acids is 1. The third kappa shape index (κ3) is 3.22. The van der Waals surface area contributed by atoms with Crippen molar-refractivity contribution in [3.8, 4) is 0 Å². The highest BCUT2D eigenvalue weighted by molar-refractivity contribution is 5.95. The predicted octanol–water partition coefficient (Wildman–Crippen LogP) is 2.52. The van der Waals surface area contributed by atoms with Gasteiger partial charge in [-0.15, -0.1) is 0 Å². The van der Waals surface area contributed by atoms with E-state index >= 15 is 0 Å². The molecule has 0 spiro atoms. The van der Waals surface area contributed by atoms with Crippen molar-refractivity contribution in [2.75, 3.05) is 5.43 Å². The van der Waals surface area contributed by atoms with Crippen LogP contribution < -0.4 is 16.6 Å². The number of halogens is 3. The number of nitrogen functional groups attached to an aromatic ring is 1. The van der Waals surface area contributed by atoms with Crippen molar-refractivity contribution in [1.82, 2.24) is 5.32 Å². The van der Waals surface area contributed by atoms with Crippen LogP contribution in [0.3, 0.4) is 0 Å². The number of hydrogen-bond donors (Lipinski definition) is 3. The maximum atomic E-state index is 12.9. The highest BCUT2D eigenvalue weighted by atomic mass is 19.4.